The highest BCUT2D eigenvalue weighted by Gasteiger charge is 2.12. The van der Waals surface area contributed by atoms with Crippen molar-refractivity contribution in [2.45, 2.75) is 32.7 Å². The van der Waals surface area contributed by atoms with Gasteiger partial charge in [0.2, 0.25) is 0 Å². The molecule has 0 fully saturated rings. The standard InChI is InChI=1S/C13H18N2O2S/c1-3-10(8-12(16)17)14-13(18)15-11-7-5-4-6-9(11)2/h4-7,10H,3,8H2,1-2H3,(H,16,17)(H2,14,15,18). The fraction of sp³-hybridized carbons (Fsp3) is 0.385. The van der Waals surface area contributed by atoms with Crippen LogP contribution >= 0.6 is 12.2 Å². The van der Waals surface area contributed by atoms with Crippen molar-refractivity contribution in [2.24, 2.45) is 0 Å². The van der Waals surface area contributed by atoms with Gasteiger partial charge in [0.1, 0.15) is 0 Å². The summed E-state index contributed by atoms with van der Waals surface area (Å²) >= 11 is 5.18. The van der Waals surface area contributed by atoms with E-state index in [0.29, 0.717) is 11.5 Å². The minimum Gasteiger partial charge on any atom is -0.481 e. The van der Waals surface area contributed by atoms with E-state index in [9.17, 15) is 4.79 Å². The van der Waals surface area contributed by atoms with E-state index in [1.807, 2.05) is 38.1 Å². The van der Waals surface area contributed by atoms with Crippen molar-refractivity contribution in [2.75, 3.05) is 5.32 Å². The van der Waals surface area contributed by atoms with E-state index < -0.39 is 5.97 Å². The SMILES string of the molecule is CCC(CC(=O)O)NC(=S)Nc1ccccc1C. The third-order valence-electron chi connectivity index (χ3n) is 2.64. The average Bonchev–Trinajstić information content (AvgIpc) is 2.30. The van der Waals surface area contributed by atoms with Gasteiger partial charge in [0.05, 0.1) is 6.42 Å². The van der Waals surface area contributed by atoms with Gasteiger partial charge in [-0.2, -0.15) is 0 Å². The maximum Gasteiger partial charge on any atom is 0.305 e. The molecule has 0 radical (unpaired) electrons. The molecule has 0 heterocycles. The number of hydrogen-bond donors (Lipinski definition) is 3. The summed E-state index contributed by atoms with van der Waals surface area (Å²) in [6.45, 7) is 3.91. The highest BCUT2D eigenvalue weighted by atomic mass is 32.1. The van der Waals surface area contributed by atoms with Gasteiger partial charge in [-0.3, -0.25) is 4.79 Å². The highest BCUT2D eigenvalue weighted by molar-refractivity contribution is 7.80. The fourth-order valence-corrected chi connectivity index (χ4v) is 1.84. The third kappa shape index (κ3) is 4.71. The van der Waals surface area contributed by atoms with E-state index in [2.05, 4.69) is 10.6 Å². The number of rotatable bonds is 5. The van der Waals surface area contributed by atoms with E-state index >= 15 is 0 Å². The quantitative estimate of drug-likeness (QED) is 0.715. The van der Waals surface area contributed by atoms with Gasteiger partial charge < -0.3 is 15.7 Å². The molecule has 0 saturated carbocycles. The topological polar surface area (TPSA) is 61.4 Å². The zero-order chi connectivity index (χ0) is 13.5. The minimum absolute atomic E-state index is 0.0616. The largest absolute Gasteiger partial charge is 0.481 e. The number of aryl methyl sites for hydroxylation is 1. The summed E-state index contributed by atoms with van der Waals surface area (Å²) in [6, 6.07) is 7.65. The molecular formula is C13H18N2O2S. The first-order chi connectivity index (χ1) is 8.52. The van der Waals surface area contributed by atoms with Crippen molar-refractivity contribution in [1.82, 2.24) is 5.32 Å². The predicted molar refractivity (Wildman–Crippen MR) is 76.9 cm³/mol. The zero-order valence-corrected chi connectivity index (χ0v) is 11.4. The van der Waals surface area contributed by atoms with Crippen LogP contribution in [0.15, 0.2) is 24.3 Å². The third-order valence-corrected chi connectivity index (χ3v) is 2.86. The minimum atomic E-state index is -0.826. The van der Waals surface area contributed by atoms with Gasteiger partial charge in [-0.15, -0.1) is 0 Å². The number of benzene rings is 1. The number of carboxylic acid groups (broad SMARTS) is 1. The van der Waals surface area contributed by atoms with Crippen LogP contribution < -0.4 is 10.6 Å². The Hall–Kier alpha value is -1.62. The number of carboxylic acids is 1. The Balaban J connectivity index is 2.55. The van der Waals surface area contributed by atoms with Crippen LogP contribution in [0.1, 0.15) is 25.3 Å². The lowest BCUT2D eigenvalue weighted by Gasteiger charge is -2.18. The molecule has 0 spiro atoms. The van der Waals surface area contributed by atoms with Gasteiger partial charge in [0.25, 0.3) is 0 Å². The molecule has 4 nitrogen and oxygen atoms in total. The maximum absolute atomic E-state index is 10.7. The Kier molecular flexibility index (Phi) is 5.58. The van der Waals surface area contributed by atoms with Gasteiger partial charge in [0, 0.05) is 11.7 Å². The number of para-hydroxylation sites is 1. The van der Waals surface area contributed by atoms with Crippen molar-refractivity contribution >= 4 is 29.0 Å². The molecule has 1 aromatic rings. The van der Waals surface area contributed by atoms with Gasteiger partial charge in [0.15, 0.2) is 5.11 Å². The Labute approximate surface area is 112 Å². The van der Waals surface area contributed by atoms with Crippen LogP contribution in [0.2, 0.25) is 0 Å². The maximum atomic E-state index is 10.7. The van der Waals surface area contributed by atoms with E-state index in [0.717, 1.165) is 11.3 Å². The number of thiocarbonyl (C=S) groups is 1. The molecule has 0 saturated heterocycles. The summed E-state index contributed by atoms with van der Waals surface area (Å²) in [5.74, 6) is -0.826. The first kappa shape index (κ1) is 14.4. The van der Waals surface area contributed by atoms with Crippen LogP contribution in [-0.2, 0) is 4.79 Å². The number of carbonyl (C=O) groups is 1. The molecule has 5 heteroatoms. The Bertz CT molecular complexity index is 435. The summed E-state index contributed by atoms with van der Waals surface area (Å²) in [6.07, 6.45) is 0.772. The number of nitrogens with one attached hydrogen (secondary N) is 2. The Morgan fingerprint density at radius 1 is 1.44 bits per heavy atom. The number of hydrogen-bond acceptors (Lipinski definition) is 2. The van der Waals surface area contributed by atoms with Crippen LogP contribution in [-0.4, -0.2) is 22.2 Å². The van der Waals surface area contributed by atoms with Crippen LogP contribution in [0, 0.1) is 6.92 Å². The smallest absolute Gasteiger partial charge is 0.305 e. The first-order valence-electron chi connectivity index (χ1n) is 5.88. The zero-order valence-electron chi connectivity index (χ0n) is 10.6. The van der Waals surface area contributed by atoms with E-state index in [4.69, 9.17) is 17.3 Å². The summed E-state index contributed by atoms with van der Waals surface area (Å²) in [7, 11) is 0. The van der Waals surface area contributed by atoms with Crippen LogP contribution in [0.4, 0.5) is 5.69 Å². The van der Waals surface area contributed by atoms with E-state index in [1.54, 1.807) is 0 Å². The molecule has 0 amide bonds. The van der Waals surface area contributed by atoms with Crippen molar-refractivity contribution in [3.63, 3.8) is 0 Å². The molecule has 1 unspecified atom stereocenters. The molecule has 0 aliphatic carbocycles. The normalized spacial score (nSPS) is 11.7. The lowest BCUT2D eigenvalue weighted by Crippen LogP contribution is -2.38. The molecule has 0 aliphatic rings. The van der Waals surface area contributed by atoms with Gasteiger partial charge >= 0.3 is 5.97 Å². The summed E-state index contributed by atoms with van der Waals surface area (Å²) < 4.78 is 0. The average molecular weight is 266 g/mol. The summed E-state index contributed by atoms with van der Waals surface area (Å²) in [4.78, 5) is 10.7. The van der Waals surface area contributed by atoms with Gasteiger partial charge in [-0.05, 0) is 37.2 Å². The fourth-order valence-electron chi connectivity index (χ4n) is 1.57. The Morgan fingerprint density at radius 3 is 2.67 bits per heavy atom. The molecule has 98 valence electrons. The van der Waals surface area contributed by atoms with Crippen molar-refractivity contribution in [3.05, 3.63) is 29.8 Å². The lowest BCUT2D eigenvalue weighted by atomic mass is 10.1. The molecule has 1 atom stereocenters. The summed E-state index contributed by atoms with van der Waals surface area (Å²) in [5.41, 5.74) is 2.02. The van der Waals surface area contributed by atoms with Crippen molar-refractivity contribution in [3.8, 4) is 0 Å². The molecule has 0 aliphatic heterocycles. The highest BCUT2D eigenvalue weighted by Crippen LogP contribution is 2.13. The van der Waals surface area contributed by atoms with Crippen LogP contribution in [0.3, 0.4) is 0 Å². The molecule has 0 aromatic heterocycles. The van der Waals surface area contributed by atoms with Crippen LogP contribution in [0.25, 0.3) is 0 Å². The van der Waals surface area contributed by atoms with E-state index in [-0.39, 0.29) is 12.5 Å². The van der Waals surface area contributed by atoms with Crippen molar-refractivity contribution in [1.29, 1.82) is 0 Å². The molecule has 0 bridgehead atoms. The van der Waals surface area contributed by atoms with Crippen molar-refractivity contribution < 1.29 is 9.90 Å². The van der Waals surface area contributed by atoms with E-state index in [1.165, 1.54) is 0 Å². The number of aliphatic carboxylic acids is 1. The molecule has 18 heavy (non-hydrogen) atoms. The lowest BCUT2D eigenvalue weighted by molar-refractivity contribution is -0.137. The molecular weight excluding hydrogens is 248 g/mol. The second-order valence-corrected chi connectivity index (χ2v) is 4.52. The Morgan fingerprint density at radius 2 is 2.11 bits per heavy atom. The van der Waals surface area contributed by atoms with Gasteiger partial charge in [-0.25, -0.2) is 0 Å². The first-order valence-corrected chi connectivity index (χ1v) is 6.28. The predicted octanol–water partition coefficient (Wildman–Crippen LogP) is 2.53. The molecule has 1 aromatic carbocycles. The number of anilines is 1. The monoisotopic (exact) mass is 266 g/mol. The van der Waals surface area contributed by atoms with Gasteiger partial charge in [-0.1, -0.05) is 25.1 Å². The summed E-state index contributed by atoms with van der Waals surface area (Å²) in [5, 5.41) is 15.3. The second-order valence-electron chi connectivity index (χ2n) is 4.12. The van der Waals surface area contributed by atoms with Crippen LogP contribution in [0.5, 0.6) is 0 Å². The second kappa shape index (κ2) is 6.96. The molecule has 1 rings (SSSR count). The molecule has 3 N–H and O–H groups in total.